The van der Waals surface area contributed by atoms with Crippen molar-refractivity contribution in [3.8, 4) is 0 Å². The number of rotatable bonds is 6. The van der Waals surface area contributed by atoms with Crippen LogP contribution in [-0.4, -0.2) is 61.5 Å². The van der Waals surface area contributed by atoms with Gasteiger partial charge in [-0.2, -0.15) is 0 Å². The van der Waals surface area contributed by atoms with Crippen LogP contribution in [-0.2, 0) is 14.3 Å². The molecule has 1 unspecified atom stereocenters. The zero-order chi connectivity index (χ0) is 12.3. The summed E-state index contributed by atoms with van der Waals surface area (Å²) in [6, 6.07) is 0. The molecule has 0 amide bonds. The van der Waals surface area contributed by atoms with E-state index < -0.39 is 5.97 Å². The molecule has 0 spiro atoms. The Morgan fingerprint density at radius 1 is 1.47 bits per heavy atom. The van der Waals surface area contributed by atoms with Gasteiger partial charge in [0.25, 0.3) is 0 Å². The Hall–Kier alpha value is -0.650. The molecule has 2 fully saturated rings. The first kappa shape index (κ1) is 12.8. The van der Waals surface area contributed by atoms with Crippen LogP contribution >= 0.6 is 0 Å². The Morgan fingerprint density at radius 3 is 2.59 bits per heavy atom. The van der Waals surface area contributed by atoms with Gasteiger partial charge in [-0.25, -0.2) is 0 Å². The third kappa shape index (κ3) is 2.78. The number of methoxy groups -OCH3 is 1. The zero-order valence-corrected chi connectivity index (χ0v) is 10.4. The molecule has 17 heavy (non-hydrogen) atoms. The second-order valence-electron chi connectivity index (χ2n) is 4.98. The van der Waals surface area contributed by atoms with E-state index in [2.05, 4.69) is 4.90 Å². The van der Waals surface area contributed by atoms with Crippen molar-refractivity contribution >= 4 is 5.97 Å². The number of carboxylic acids is 1. The van der Waals surface area contributed by atoms with Gasteiger partial charge in [0, 0.05) is 20.2 Å². The number of nitrogens with zero attached hydrogens (tertiary/aromatic N) is 1. The fourth-order valence-corrected chi connectivity index (χ4v) is 2.92. The van der Waals surface area contributed by atoms with E-state index in [-0.39, 0.29) is 12.0 Å². The molecule has 1 saturated carbocycles. The standard InChI is InChI=1S/C12H21NO4/c1-16-9-12(8-11(14)15,10-2-3-10)13-4-6-17-7-5-13/h10H,2-9H2,1H3,(H,14,15). The predicted octanol–water partition coefficient (Wildman–Crippen LogP) is 0.589. The van der Waals surface area contributed by atoms with E-state index in [1.54, 1.807) is 7.11 Å². The Morgan fingerprint density at radius 2 is 2.12 bits per heavy atom. The van der Waals surface area contributed by atoms with E-state index in [1.165, 1.54) is 0 Å². The number of carboxylic acid groups (broad SMARTS) is 1. The number of ether oxygens (including phenoxy) is 2. The van der Waals surface area contributed by atoms with Crippen LogP contribution in [0.15, 0.2) is 0 Å². The number of hydrogen-bond donors (Lipinski definition) is 1. The molecule has 0 bridgehead atoms. The minimum atomic E-state index is -0.736. The van der Waals surface area contributed by atoms with Crippen molar-refractivity contribution < 1.29 is 19.4 Å². The van der Waals surface area contributed by atoms with Crippen LogP contribution in [0.3, 0.4) is 0 Å². The summed E-state index contributed by atoms with van der Waals surface area (Å²) in [5.74, 6) is -0.267. The summed E-state index contributed by atoms with van der Waals surface area (Å²) in [5.41, 5.74) is -0.315. The lowest BCUT2D eigenvalue weighted by molar-refractivity contribution is -0.145. The molecular formula is C12H21NO4. The summed E-state index contributed by atoms with van der Waals surface area (Å²) in [6.45, 7) is 3.51. The van der Waals surface area contributed by atoms with Crippen molar-refractivity contribution in [2.24, 2.45) is 5.92 Å². The zero-order valence-electron chi connectivity index (χ0n) is 10.4. The highest BCUT2D eigenvalue weighted by molar-refractivity contribution is 5.68. The highest BCUT2D eigenvalue weighted by Gasteiger charge is 2.50. The lowest BCUT2D eigenvalue weighted by atomic mass is 9.87. The van der Waals surface area contributed by atoms with Crippen LogP contribution in [0.5, 0.6) is 0 Å². The first-order chi connectivity index (χ1) is 8.19. The highest BCUT2D eigenvalue weighted by Crippen LogP contribution is 2.45. The number of hydrogen-bond acceptors (Lipinski definition) is 4. The second-order valence-corrected chi connectivity index (χ2v) is 4.98. The van der Waals surface area contributed by atoms with E-state index in [1.807, 2.05) is 0 Å². The van der Waals surface area contributed by atoms with E-state index in [4.69, 9.17) is 14.6 Å². The van der Waals surface area contributed by atoms with E-state index in [0.29, 0.717) is 25.7 Å². The Balaban J connectivity index is 2.15. The van der Waals surface area contributed by atoms with Crippen LogP contribution in [0.1, 0.15) is 19.3 Å². The fourth-order valence-electron chi connectivity index (χ4n) is 2.92. The Kier molecular flexibility index (Phi) is 4.01. The van der Waals surface area contributed by atoms with Gasteiger partial charge in [-0.05, 0) is 18.8 Å². The second kappa shape index (κ2) is 5.33. The average molecular weight is 243 g/mol. The first-order valence-electron chi connectivity index (χ1n) is 6.22. The van der Waals surface area contributed by atoms with Crippen molar-refractivity contribution in [1.29, 1.82) is 0 Å². The van der Waals surface area contributed by atoms with Gasteiger partial charge in [-0.1, -0.05) is 0 Å². The monoisotopic (exact) mass is 243 g/mol. The summed E-state index contributed by atoms with van der Waals surface area (Å²) in [7, 11) is 1.65. The van der Waals surface area contributed by atoms with Gasteiger partial charge in [0.15, 0.2) is 0 Å². The Bertz CT molecular complexity index is 274. The van der Waals surface area contributed by atoms with Crippen molar-refractivity contribution in [3.63, 3.8) is 0 Å². The summed E-state index contributed by atoms with van der Waals surface area (Å²) in [4.78, 5) is 13.4. The molecule has 1 heterocycles. The largest absolute Gasteiger partial charge is 0.481 e. The molecule has 5 nitrogen and oxygen atoms in total. The number of aliphatic carboxylic acids is 1. The van der Waals surface area contributed by atoms with E-state index >= 15 is 0 Å². The van der Waals surface area contributed by atoms with Gasteiger partial charge < -0.3 is 14.6 Å². The van der Waals surface area contributed by atoms with Crippen molar-refractivity contribution in [1.82, 2.24) is 4.90 Å². The normalized spacial score (nSPS) is 25.5. The van der Waals surface area contributed by atoms with Crippen LogP contribution in [0.2, 0.25) is 0 Å². The molecule has 2 rings (SSSR count). The molecule has 0 radical (unpaired) electrons. The van der Waals surface area contributed by atoms with Crippen molar-refractivity contribution in [3.05, 3.63) is 0 Å². The molecule has 1 aliphatic carbocycles. The smallest absolute Gasteiger partial charge is 0.305 e. The molecule has 98 valence electrons. The molecule has 0 aromatic carbocycles. The molecule has 2 aliphatic rings. The lowest BCUT2D eigenvalue weighted by Gasteiger charge is -2.45. The summed E-state index contributed by atoms with van der Waals surface area (Å²) < 4.78 is 10.7. The highest BCUT2D eigenvalue weighted by atomic mass is 16.5. The lowest BCUT2D eigenvalue weighted by Crippen LogP contribution is -2.58. The molecule has 0 aromatic rings. The van der Waals surface area contributed by atoms with Crippen molar-refractivity contribution in [2.45, 2.75) is 24.8 Å². The van der Waals surface area contributed by atoms with Crippen LogP contribution in [0, 0.1) is 5.92 Å². The molecule has 1 aliphatic heterocycles. The Labute approximate surface area is 102 Å². The van der Waals surface area contributed by atoms with Gasteiger partial charge >= 0.3 is 5.97 Å². The van der Waals surface area contributed by atoms with Crippen LogP contribution < -0.4 is 0 Å². The fraction of sp³-hybridized carbons (Fsp3) is 0.917. The summed E-state index contributed by atoms with van der Waals surface area (Å²) in [5, 5.41) is 9.17. The molecule has 5 heteroatoms. The molecule has 1 saturated heterocycles. The molecular weight excluding hydrogens is 222 g/mol. The maximum absolute atomic E-state index is 11.2. The van der Waals surface area contributed by atoms with Gasteiger partial charge in [0.05, 0.1) is 31.8 Å². The first-order valence-corrected chi connectivity index (χ1v) is 6.22. The maximum Gasteiger partial charge on any atom is 0.305 e. The van der Waals surface area contributed by atoms with Gasteiger partial charge in [0.2, 0.25) is 0 Å². The minimum absolute atomic E-state index is 0.172. The molecule has 1 atom stereocenters. The van der Waals surface area contributed by atoms with Gasteiger partial charge in [-0.3, -0.25) is 9.69 Å². The summed E-state index contributed by atoms with van der Waals surface area (Å²) in [6.07, 6.45) is 2.41. The average Bonchev–Trinajstić information content (AvgIpc) is 3.13. The van der Waals surface area contributed by atoms with E-state index in [0.717, 1.165) is 25.9 Å². The summed E-state index contributed by atoms with van der Waals surface area (Å²) >= 11 is 0. The van der Waals surface area contributed by atoms with Gasteiger partial charge in [0.1, 0.15) is 0 Å². The van der Waals surface area contributed by atoms with Crippen LogP contribution in [0.4, 0.5) is 0 Å². The van der Waals surface area contributed by atoms with E-state index in [9.17, 15) is 4.79 Å². The quantitative estimate of drug-likeness (QED) is 0.740. The van der Waals surface area contributed by atoms with Gasteiger partial charge in [-0.15, -0.1) is 0 Å². The van der Waals surface area contributed by atoms with Crippen molar-refractivity contribution in [2.75, 3.05) is 40.0 Å². The third-order valence-electron chi connectivity index (χ3n) is 3.83. The maximum atomic E-state index is 11.2. The van der Waals surface area contributed by atoms with Crippen LogP contribution in [0.25, 0.3) is 0 Å². The third-order valence-corrected chi connectivity index (χ3v) is 3.83. The number of carbonyl (C=O) groups is 1. The predicted molar refractivity (Wildman–Crippen MR) is 62.0 cm³/mol. The number of morpholine rings is 1. The molecule has 0 aromatic heterocycles. The SMILES string of the molecule is COCC(CC(=O)O)(C1CC1)N1CCOCC1. The molecule has 1 N–H and O–H groups in total. The minimum Gasteiger partial charge on any atom is -0.481 e. The topological polar surface area (TPSA) is 59.0 Å².